The van der Waals surface area contributed by atoms with E-state index >= 15 is 0 Å². The quantitative estimate of drug-likeness (QED) is 0.798. The molecule has 0 radical (unpaired) electrons. The summed E-state index contributed by atoms with van der Waals surface area (Å²) in [6.07, 6.45) is 0.884. The summed E-state index contributed by atoms with van der Waals surface area (Å²) >= 11 is 0. The lowest BCUT2D eigenvalue weighted by Crippen LogP contribution is -2.36. The van der Waals surface area contributed by atoms with Gasteiger partial charge >= 0.3 is 7.12 Å². The van der Waals surface area contributed by atoms with E-state index in [1.807, 2.05) is 19.9 Å². The summed E-state index contributed by atoms with van der Waals surface area (Å²) < 4.78 is 11.8. The fraction of sp³-hybridized carbons (Fsp3) is 0.429. The minimum Gasteiger partial charge on any atom is -0.399 e. The molecule has 0 aromatic heterocycles. The molecule has 5 nitrogen and oxygen atoms in total. The summed E-state index contributed by atoms with van der Waals surface area (Å²) in [6, 6.07) is 7.08. The number of amides is 1. The minimum atomic E-state index is -0.477. The maximum atomic E-state index is 11.8. The highest BCUT2D eigenvalue weighted by molar-refractivity contribution is 6.62. The molecule has 1 heterocycles. The lowest BCUT2D eigenvalue weighted by atomic mass is 9.77. The Hall–Kier alpha value is -1.84. The van der Waals surface area contributed by atoms with Crippen molar-refractivity contribution in [3.63, 3.8) is 0 Å². The predicted octanol–water partition coefficient (Wildman–Crippen LogP) is 0.581. The van der Waals surface area contributed by atoms with Crippen LogP contribution in [0.3, 0.4) is 0 Å². The van der Waals surface area contributed by atoms with Crippen LogP contribution < -0.4 is 10.8 Å². The van der Waals surface area contributed by atoms with Crippen LogP contribution in [0.1, 0.15) is 36.2 Å². The molecule has 0 bridgehead atoms. The Morgan fingerprint density at radius 3 is 2.60 bits per heavy atom. The van der Waals surface area contributed by atoms with Crippen LogP contribution in [0.2, 0.25) is 0 Å². The Labute approximate surface area is 118 Å². The number of carbonyl (C=O) groups excluding carboxylic acids is 1. The van der Waals surface area contributed by atoms with Gasteiger partial charge in [0.15, 0.2) is 0 Å². The molecule has 2 unspecified atom stereocenters. The molecule has 1 N–H and O–H groups in total. The average molecular weight is 270 g/mol. The standard InChI is InChI=1S/C14H15BN2O3/c1-13-8-14(13,2)20-15(19-13)10-5-4-9(7-16)11(6-10)12(18)17-3/h4-6H,8H2,1-3H3,(H,17,18). The zero-order valence-electron chi connectivity index (χ0n) is 11.7. The smallest absolute Gasteiger partial charge is 0.399 e. The van der Waals surface area contributed by atoms with E-state index in [-0.39, 0.29) is 17.1 Å². The zero-order chi connectivity index (χ0) is 14.5. The lowest BCUT2D eigenvalue weighted by molar-refractivity contribution is 0.0963. The maximum Gasteiger partial charge on any atom is 0.494 e. The largest absolute Gasteiger partial charge is 0.494 e. The van der Waals surface area contributed by atoms with Crippen LogP contribution in [0.15, 0.2) is 18.2 Å². The first-order chi connectivity index (χ1) is 9.42. The van der Waals surface area contributed by atoms with Gasteiger partial charge in [0.2, 0.25) is 0 Å². The van der Waals surface area contributed by atoms with Gasteiger partial charge in [-0.15, -0.1) is 0 Å². The number of fused-ring (bicyclic) bond motifs is 1. The van der Waals surface area contributed by atoms with Crippen molar-refractivity contribution in [1.82, 2.24) is 5.32 Å². The highest BCUT2D eigenvalue weighted by atomic mass is 16.7. The van der Waals surface area contributed by atoms with E-state index < -0.39 is 7.12 Å². The Bertz CT molecular complexity index is 626. The van der Waals surface area contributed by atoms with Crippen LogP contribution in [0.25, 0.3) is 0 Å². The van der Waals surface area contributed by atoms with Crippen LogP contribution in [0.5, 0.6) is 0 Å². The predicted molar refractivity (Wildman–Crippen MR) is 73.5 cm³/mol. The monoisotopic (exact) mass is 270 g/mol. The Morgan fingerprint density at radius 1 is 1.40 bits per heavy atom. The van der Waals surface area contributed by atoms with Gasteiger partial charge in [-0.3, -0.25) is 4.79 Å². The molecule has 2 atom stereocenters. The molecule has 0 spiro atoms. The third-order valence-corrected chi connectivity index (χ3v) is 4.31. The molecule has 102 valence electrons. The lowest BCUT2D eigenvalue weighted by Gasteiger charge is -2.12. The summed E-state index contributed by atoms with van der Waals surface area (Å²) in [5.41, 5.74) is 0.971. The highest BCUT2D eigenvalue weighted by Crippen LogP contribution is 2.58. The van der Waals surface area contributed by atoms with Crippen molar-refractivity contribution in [3.8, 4) is 6.07 Å². The van der Waals surface area contributed by atoms with Gasteiger partial charge in [0.1, 0.15) is 0 Å². The average Bonchev–Trinajstić information content (AvgIpc) is 2.86. The Balaban J connectivity index is 1.93. The molecule has 1 aliphatic heterocycles. The third-order valence-electron chi connectivity index (χ3n) is 4.31. The summed E-state index contributed by atoms with van der Waals surface area (Å²) in [6.45, 7) is 4.05. The number of hydrogen-bond donors (Lipinski definition) is 1. The van der Waals surface area contributed by atoms with Crippen LogP contribution in [0, 0.1) is 11.3 Å². The van der Waals surface area contributed by atoms with Crippen molar-refractivity contribution in [2.75, 3.05) is 7.05 Å². The number of nitrogens with one attached hydrogen (secondary N) is 1. The van der Waals surface area contributed by atoms with Crippen molar-refractivity contribution >= 4 is 18.5 Å². The van der Waals surface area contributed by atoms with Crippen molar-refractivity contribution in [1.29, 1.82) is 5.26 Å². The number of nitriles is 1. The van der Waals surface area contributed by atoms with Gasteiger partial charge < -0.3 is 14.6 Å². The maximum absolute atomic E-state index is 11.8. The molecule has 1 saturated carbocycles. The zero-order valence-corrected chi connectivity index (χ0v) is 11.7. The number of carbonyl (C=O) groups is 1. The topological polar surface area (TPSA) is 71.3 Å². The molecule has 6 heteroatoms. The van der Waals surface area contributed by atoms with E-state index in [0.717, 1.165) is 11.9 Å². The first kappa shape index (κ1) is 13.2. The van der Waals surface area contributed by atoms with Gasteiger partial charge in [-0.05, 0) is 31.4 Å². The van der Waals surface area contributed by atoms with Crippen molar-refractivity contribution in [2.45, 2.75) is 31.5 Å². The van der Waals surface area contributed by atoms with Crippen LogP contribution in [0.4, 0.5) is 0 Å². The van der Waals surface area contributed by atoms with Crippen molar-refractivity contribution < 1.29 is 14.1 Å². The molecule has 1 amide bonds. The number of hydrogen-bond acceptors (Lipinski definition) is 4. The first-order valence-electron chi connectivity index (χ1n) is 6.54. The second kappa shape index (κ2) is 4.08. The minimum absolute atomic E-state index is 0.237. The molecular formula is C14H15BN2O3. The molecule has 1 aromatic carbocycles. The molecule has 1 aromatic rings. The second-order valence-electron chi connectivity index (χ2n) is 5.70. The number of rotatable bonds is 2. The third kappa shape index (κ3) is 1.74. The van der Waals surface area contributed by atoms with E-state index in [0.29, 0.717) is 11.1 Å². The molecular weight excluding hydrogens is 255 g/mol. The van der Waals surface area contributed by atoms with Crippen LogP contribution in [-0.4, -0.2) is 31.3 Å². The summed E-state index contributed by atoms with van der Waals surface area (Å²) in [5.74, 6) is -0.288. The highest BCUT2D eigenvalue weighted by Gasteiger charge is 2.71. The van der Waals surface area contributed by atoms with Crippen LogP contribution in [-0.2, 0) is 9.31 Å². The van der Waals surface area contributed by atoms with Gasteiger partial charge in [0.25, 0.3) is 5.91 Å². The normalized spacial score (nSPS) is 30.6. The SMILES string of the molecule is CNC(=O)c1cc(B2OC3(C)CC3(C)O2)ccc1C#N. The Kier molecular flexibility index (Phi) is 2.68. The fourth-order valence-corrected chi connectivity index (χ4v) is 2.69. The van der Waals surface area contributed by atoms with Crippen LogP contribution >= 0.6 is 0 Å². The summed E-state index contributed by atoms with van der Waals surface area (Å²) in [4.78, 5) is 11.8. The van der Waals surface area contributed by atoms with E-state index in [1.54, 1.807) is 18.2 Å². The van der Waals surface area contributed by atoms with E-state index in [2.05, 4.69) is 5.32 Å². The summed E-state index contributed by atoms with van der Waals surface area (Å²) in [7, 11) is 1.06. The fourth-order valence-electron chi connectivity index (χ4n) is 2.69. The van der Waals surface area contributed by atoms with Gasteiger partial charge in [-0.2, -0.15) is 5.26 Å². The number of benzene rings is 1. The van der Waals surface area contributed by atoms with E-state index in [4.69, 9.17) is 14.6 Å². The second-order valence-corrected chi connectivity index (χ2v) is 5.70. The van der Waals surface area contributed by atoms with Gasteiger partial charge in [0.05, 0.1) is 28.4 Å². The van der Waals surface area contributed by atoms with Crippen molar-refractivity contribution in [3.05, 3.63) is 29.3 Å². The molecule has 20 heavy (non-hydrogen) atoms. The van der Waals surface area contributed by atoms with Gasteiger partial charge in [0, 0.05) is 13.5 Å². The number of nitrogens with zero attached hydrogens (tertiary/aromatic N) is 1. The van der Waals surface area contributed by atoms with E-state index in [1.165, 1.54) is 7.05 Å². The van der Waals surface area contributed by atoms with Gasteiger partial charge in [-0.25, -0.2) is 0 Å². The molecule has 1 aliphatic carbocycles. The van der Waals surface area contributed by atoms with Crippen molar-refractivity contribution in [2.24, 2.45) is 0 Å². The molecule has 1 saturated heterocycles. The first-order valence-corrected chi connectivity index (χ1v) is 6.54. The summed E-state index contributed by atoms with van der Waals surface area (Å²) in [5, 5.41) is 11.6. The van der Waals surface area contributed by atoms with E-state index in [9.17, 15) is 4.79 Å². The Morgan fingerprint density at radius 2 is 2.05 bits per heavy atom. The van der Waals surface area contributed by atoms with Gasteiger partial charge in [-0.1, -0.05) is 6.07 Å². The molecule has 2 aliphatic rings. The molecule has 3 rings (SSSR count). The molecule has 2 fully saturated rings.